The number of aliphatic imine (C=N–C) groups is 1. The van der Waals surface area contributed by atoms with E-state index in [9.17, 15) is 14.0 Å². The van der Waals surface area contributed by atoms with Crippen molar-refractivity contribution in [3.05, 3.63) is 35.6 Å². The van der Waals surface area contributed by atoms with Crippen LogP contribution < -0.4 is 16.0 Å². The smallest absolute Gasteiger partial charge is 0.325 e. The highest BCUT2D eigenvalue weighted by Crippen LogP contribution is 2.20. The topological polar surface area (TPSA) is 85.8 Å². The molecule has 1 aromatic carbocycles. The number of imide groups is 1. The van der Waals surface area contributed by atoms with Crippen LogP contribution in [0.3, 0.4) is 0 Å². The van der Waals surface area contributed by atoms with Gasteiger partial charge in [-0.1, -0.05) is 25.1 Å². The Morgan fingerprint density at radius 3 is 2.65 bits per heavy atom. The molecule has 0 radical (unpaired) electrons. The van der Waals surface area contributed by atoms with Crippen LogP contribution in [-0.4, -0.2) is 48.5 Å². The molecule has 142 valence electrons. The summed E-state index contributed by atoms with van der Waals surface area (Å²) in [6.07, 6.45) is 1.14. The highest BCUT2D eigenvalue weighted by molar-refractivity contribution is 6.06. The van der Waals surface area contributed by atoms with Gasteiger partial charge in [-0.05, 0) is 25.8 Å². The average Bonchev–Trinajstić information content (AvgIpc) is 2.85. The van der Waals surface area contributed by atoms with Gasteiger partial charge in [-0.25, -0.2) is 9.18 Å². The van der Waals surface area contributed by atoms with Gasteiger partial charge in [-0.15, -0.1) is 0 Å². The Morgan fingerprint density at radius 2 is 2.04 bits per heavy atom. The third kappa shape index (κ3) is 4.50. The molecular formula is C18H26FN5O2. The highest BCUT2D eigenvalue weighted by atomic mass is 19.1. The highest BCUT2D eigenvalue weighted by Gasteiger charge is 2.45. The Kier molecular flexibility index (Phi) is 6.54. The van der Waals surface area contributed by atoms with Crippen molar-refractivity contribution in [1.29, 1.82) is 0 Å². The van der Waals surface area contributed by atoms with Crippen LogP contribution in [-0.2, 0) is 11.3 Å². The summed E-state index contributed by atoms with van der Waals surface area (Å²) in [6.45, 7) is 4.77. The monoisotopic (exact) mass is 363 g/mol. The van der Waals surface area contributed by atoms with Crippen molar-refractivity contribution in [1.82, 2.24) is 20.9 Å². The van der Waals surface area contributed by atoms with Gasteiger partial charge >= 0.3 is 6.03 Å². The number of halogens is 1. The summed E-state index contributed by atoms with van der Waals surface area (Å²) in [6, 6.07) is 6.19. The van der Waals surface area contributed by atoms with Crippen molar-refractivity contribution in [2.75, 3.05) is 20.1 Å². The number of carbonyl (C=O) groups excluding carboxylic acids is 2. The number of nitrogens with zero attached hydrogens (tertiary/aromatic N) is 2. The van der Waals surface area contributed by atoms with Crippen LogP contribution in [0, 0.1) is 5.82 Å². The normalized spacial score (nSPS) is 20.3. The van der Waals surface area contributed by atoms with Crippen molar-refractivity contribution >= 4 is 17.9 Å². The molecule has 1 aliphatic rings. The van der Waals surface area contributed by atoms with E-state index in [1.165, 1.54) is 11.0 Å². The molecule has 1 atom stereocenters. The van der Waals surface area contributed by atoms with E-state index >= 15 is 0 Å². The van der Waals surface area contributed by atoms with Crippen LogP contribution in [0.1, 0.15) is 32.3 Å². The zero-order valence-corrected chi connectivity index (χ0v) is 15.4. The van der Waals surface area contributed by atoms with Crippen molar-refractivity contribution in [3.63, 3.8) is 0 Å². The maximum absolute atomic E-state index is 13.6. The second-order valence-electron chi connectivity index (χ2n) is 6.37. The van der Waals surface area contributed by atoms with Crippen LogP contribution in [0.15, 0.2) is 29.3 Å². The first-order valence-corrected chi connectivity index (χ1v) is 8.73. The van der Waals surface area contributed by atoms with Gasteiger partial charge in [0.25, 0.3) is 5.91 Å². The zero-order chi connectivity index (χ0) is 19.2. The quantitative estimate of drug-likeness (QED) is 0.297. The number of guanidine groups is 1. The van der Waals surface area contributed by atoms with Gasteiger partial charge in [0, 0.05) is 32.2 Å². The van der Waals surface area contributed by atoms with Crippen LogP contribution in [0.2, 0.25) is 0 Å². The number of urea groups is 1. The van der Waals surface area contributed by atoms with Gasteiger partial charge < -0.3 is 16.0 Å². The van der Waals surface area contributed by atoms with Gasteiger partial charge in [0.05, 0.1) is 0 Å². The number of carbonyl (C=O) groups is 2. The van der Waals surface area contributed by atoms with E-state index in [0.29, 0.717) is 44.0 Å². The van der Waals surface area contributed by atoms with Crippen molar-refractivity contribution in [2.45, 2.75) is 38.8 Å². The molecule has 26 heavy (non-hydrogen) atoms. The molecule has 8 heteroatoms. The van der Waals surface area contributed by atoms with Gasteiger partial charge in [0.15, 0.2) is 5.96 Å². The fourth-order valence-electron chi connectivity index (χ4n) is 2.68. The molecule has 3 amide bonds. The third-order valence-electron chi connectivity index (χ3n) is 4.53. The molecule has 1 aromatic rings. The summed E-state index contributed by atoms with van der Waals surface area (Å²) < 4.78 is 13.6. The minimum atomic E-state index is -0.804. The predicted octanol–water partition coefficient (Wildman–Crippen LogP) is 1.60. The standard InChI is InChI=1S/C18H26FN5O2/c1-4-18(2)15(25)24(17(26)23-18)11-7-10-21-16(20-3)22-12-13-8-5-6-9-14(13)19/h5-6,8-9H,4,7,10-12H2,1-3H3,(H,23,26)(H2,20,21,22). The Bertz CT molecular complexity index is 694. The Hall–Kier alpha value is -2.64. The zero-order valence-electron chi connectivity index (χ0n) is 15.4. The average molecular weight is 363 g/mol. The molecule has 0 bridgehead atoms. The second kappa shape index (κ2) is 8.64. The van der Waals surface area contributed by atoms with E-state index in [4.69, 9.17) is 0 Å². The number of hydrogen-bond donors (Lipinski definition) is 3. The molecule has 0 saturated carbocycles. The number of amides is 3. The first kappa shape index (κ1) is 19.7. The minimum Gasteiger partial charge on any atom is -0.356 e. The van der Waals surface area contributed by atoms with Crippen LogP contribution in [0.4, 0.5) is 9.18 Å². The molecule has 1 fully saturated rings. The molecule has 0 aliphatic carbocycles. The second-order valence-corrected chi connectivity index (χ2v) is 6.37. The third-order valence-corrected chi connectivity index (χ3v) is 4.53. The molecule has 3 N–H and O–H groups in total. The Labute approximate surface area is 153 Å². The summed E-state index contributed by atoms with van der Waals surface area (Å²) >= 11 is 0. The van der Waals surface area contributed by atoms with E-state index in [2.05, 4.69) is 20.9 Å². The minimum absolute atomic E-state index is 0.188. The van der Waals surface area contributed by atoms with E-state index in [0.717, 1.165) is 0 Å². The molecular weight excluding hydrogens is 337 g/mol. The lowest BCUT2D eigenvalue weighted by molar-refractivity contribution is -0.130. The molecule has 1 heterocycles. The lowest BCUT2D eigenvalue weighted by Gasteiger charge is -2.19. The van der Waals surface area contributed by atoms with Crippen molar-refractivity contribution in [3.8, 4) is 0 Å². The van der Waals surface area contributed by atoms with E-state index in [1.807, 2.05) is 6.92 Å². The molecule has 0 spiro atoms. The Balaban J connectivity index is 1.75. The van der Waals surface area contributed by atoms with E-state index < -0.39 is 5.54 Å². The van der Waals surface area contributed by atoms with Gasteiger partial charge in [0.1, 0.15) is 11.4 Å². The molecule has 1 unspecified atom stereocenters. The molecule has 7 nitrogen and oxygen atoms in total. The lowest BCUT2D eigenvalue weighted by atomic mass is 9.99. The van der Waals surface area contributed by atoms with Crippen LogP contribution in [0.5, 0.6) is 0 Å². The first-order valence-electron chi connectivity index (χ1n) is 8.73. The van der Waals surface area contributed by atoms with Crippen LogP contribution >= 0.6 is 0 Å². The van der Waals surface area contributed by atoms with Gasteiger partial charge in [0.2, 0.25) is 0 Å². The SMILES string of the molecule is CCC1(C)NC(=O)N(CCCNC(=NC)NCc2ccccc2F)C1=O. The molecule has 1 saturated heterocycles. The molecule has 1 aliphatic heterocycles. The maximum atomic E-state index is 13.6. The molecule has 2 rings (SSSR count). The number of benzene rings is 1. The number of nitrogens with one attached hydrogen (secondary N) is 3. The summed E-state index contributed by atoms with van der Waals surface area (Å²) in [7, 11) is 1.63. The summed E-state index contributed by atoms with van der Waals surface area (Å²) in [5.74, 6) is 0.0730. The van der Waals surface area contributed by atoms with Gasteiger partial charge in [-0.2, -0.15) is 0 Å². The largest absolute Gasteiger partial charge is 0.356 e. The Morgan fingerprint density at radius 1 is 1.31 bits per heavy atom. The van der Waals surface area contributed by atoms with E-state index in [1.54, 1.807) is 32.2 Å². The van der Waals surface area contributed by atoms with Crippen molar-refractivity contribution < 1.29 is 14.0 Å². The number of hydrogen-bond acceptors (Lipinski definition) is 3. The van der Waals surface area contributed by atoms with Crippen LogP contribution in [0.25, 0.3) is 0 Å². The fourth-order valence-corrected chi connectivity index (χ4v) is 2.68. The first-order chi connectivity index (χ1) is 12.4. The summed E-state index contributed by atoms with van der Waals surface area (Å²) in [5, 5.41) is 8.86. The lowest BCUT2D eigenvalue weighted by Crippen LogP contribution is -2.43. The number of rotatable bonds is 7. The fraction of sp³-hybridized carbons (Fsp3) is 0.500. The summed E-state index contributed by atoms with van der Waals surface area (Å²) in [5.41, 5.74) is -0.254. The van der Waals surface area contributed by atoms with E-state index in [-0.39, 0.29) is 17.8 Å². The van der Waals surface area contributed by atoms with Crippen molar-refractivity contribution in [2.24, 2.45) is 4.99 Å². The molecule has 0 aromatic heterocycles. The predicted molar refractivity (Wildman–Crippen MR) is 98.2 cm³/mol. The van der Waals surface area contributed by atoms with Gasteiger partial charge in [-0.3, -0.25) is 14.7 Å². The summed E-state index contributed by atoms with van der Waals surface area (Å²) in [4.78, 5) is 29.6. The maximum Gasteiger partial charge on any atom is 0.325 e.